The Kier molecular flexibility index (Phi) is 6.28. The van der Waals surface area contributed by atoms with Gasteiger partial charge in [0.2, 0.25) is 11.7 Å². The summed E-state index contributed by atoms with van der Waals surface area (Å²) in [6.07, 6.45) is 1.66. The summed E-state index contributed by atoms with van der Waals surface area (Å²) >= 11 is 0. The Bertz CT molecular complexity index is 1400. The van der Waals surface area contributed by atoms with Crippen molar-refractivity contribution >= 4 is 34.8 Å². The first-order chi connectivity index (χ1) is 18.3. The summed E-state index contributed by atoms with van der Waals surface area (Å²) in [5.41, 5.74) is 0.00240. The lowest BCUT2D eigenvalue weighted by molar-refractivity contribution is -0.138. The molecule has 4 aliphatic rings. The number of benzene rings is 1. The van der Waals surface area contributed by atoms with Gasteiger partial charge in [0.15, 0.2) is 11.4 Å². The number of carbonyl (C=O) groups excluding carboxylic acids is 3. The van der Waals surface area contributed by atoms with Crippen LogP contribution in [0.2, 0.25) is 0 Å². The van der Waals surface area contributed by atoms with Gasteiger partial charge in [0.25, 0.3) is 5.91 Å². The maximum absolute atomic E-state index is 15.3. The average molecular weight is 544 g/mol. The molecule has 0 unspecified atom stereocenters. The van der Waals surface area contributed by atoms with Crippen LogP contribution in [0.5, 0.6) is 5.75 Å². The number of hydrogen-bond acceptors (Lipinski definition) is 10. The molecule has 39 heavy (non-hydrogen) atoms. The number of phenols is 1. The number of amides is 2. The van der Waals surface area contributed by atoms with Crippen molar-refractivity contribution in [2.24, 2.45) is 17.6 Å². The number of halogens is 1. The fraction of sp³-hybridized carbons (Fsp3) is 0.462. The summed E-state index contributed by atoms with van der Waals surface area (Å²) in [5, 5.41) is 58.6. The molecule has 0 spiro atoms. The molecule has 0 aromatic heterocycles. The predicted molar refractivity (Wildman–Crippen MR) is 137 cm³/mol. The molecule has 0 aliphatic heterocycles. The number of nitrogens with two attached hydrogens (primary N) is 1. The van der Waals surface area contributed by atoms with Crippen molar-refractivity contribution in [3.8, 4) is 5.75 Å². The molecule has 9 N–H and O–H groups in total. The lowest BCUT2D eigenvalue weighted by Crippen LogP contribution is -2.67. The molecule has 2 saturated carbocycles. The normalized spacial score (nSPS) is 28.3. The van der Waals surface area contributed by atoms with E-state index in [0.29, 0.717) is 0 Å². The zero-order chi connectivity index (χ0) is 28.5. The minimum Gasteiger partial charge on any atom is -0.510 e. The van der Waals surface area contributed by atoms with Crippen LogP contribution >= 0.6 is 0 Å². The van der Waals surface area contributed by atoms with Gasteiger partial charge in [-0.15, -0.1) is 0 Å². The van der Waals surface area contributed by atoms with Crippen molar-refractivity contribution in [1.29, 1.82) is 5.41 Å². The van der Waals surface area contributed by atoms with Gasteiger partial charge in [-0.25, -0.2) is 4.39 Å². The number of rotatable bonds is 6. The van der Waals surface area contributed by atoms with Crippen LogP contribution in [-0.2, 0) is 20.8 Å². The third kappa shape index (κ3) is 3.99. The number of aromatic hydroxyl groups is 1. The number of primary amides is 1. The van der Waals surface area contributed by atoms with E-state index in [2.05, 4.69) is 10.6 Å². The molecule has 0 saturated heterocycles. The second-order valence-electron chi connectivity index (χ2n) is 10.8. The van der Waals surface area contributed by atoms with E-state index in [4.69, 9.17) is 11.1 Å². The largest absolute Gasteiger partial charge is 0.510 e. The lowest BCUT2D eigenvalue weighted by Gasteiger charge is -2.51. The molecule has 1 aromatic rings. The molecule has 2 fully saturated rings. The van der Waals surface area contributed by atoms with Crippen molar-refractivity contribution in [2.45, 2.75) is 43.4 Å². The number of fused-ring (bicyclic) bond motifs is 3. The second kappa shape index (κ2) is 9.14. The highest BCUT2D eigenvalue weighted by molar-refractivity contribution is 6.34. The highest BCUT2D eigenvalue weighted by Crippen LogP contribution is 2.53. The van der Waals surface area contributed by atoms with Crippen molar-refractivity contribution < 1.29 is 39.2 Å². The first kappa shape index (κ1) is 26.8. The second-order valence-corrected chi connectivity index (χ2v) is 10.8. The lowest BCUT2D eigenvalue weighted by atomic mass is 9.57. The predicted octanol–water partition coefficient (Wildman–Crippen LogP) is 0.244. The van der Waals surface area contributed by atoms with Crippen molar-refractivity contribution in [2.75, 3.05) is 26.0 Å². The SMILES string of the molecule is CN(C)[C@@H]1C(O)=C(C(N)=O)C(=N)[C@@]2(O)C(=O)C3=C(O)c4c(O)c(NC(=O)CNC5CC5)cc(F)c4C[C@H]3C[C@@H]12. The van der Waals surface area contributed by atoms with Gasteiger partial charge in [-0.3, -0.25) is 19.3 Å². The first-order valence-corrected chi connectivity index (χ1v) is 12.6. The fourth-order valence-electron chi connectivity index (χ4n) is 6.14. The number of phenolic OH excluding ortho intramolecular Hbond substituents is 1. The molecule has 4 atom stereocenters. The van der Waals surface area contributed by atoms with E-state index in [0.717, 1.165) is 18.9 Å². The number of nitrogens with zero attached hydrogens (tertiary/aromatic N) is 1. The Balaban J connectivity index is 1.59. The topological polar surface area (TPSA) is 209 Å². The third-order valence-corrected chi connectivity index (χ3v) is 8.12. The Morgan fingerprint density at radius 2 is 1.92 bits per heavy atom. The minimum atomic E-state index is -2.64. The maximum Gasteiger partial charge on any atom is 0.254 e. The van der Waals surface area contributed by atoms with Crippen LogP contribution in [0.25, 0.3) is 5.76 Å². The van der Waals surface area contributed by atoms with Crippen LogP contribution in [-0.4, -0.2) is 87.0 Å². The Morgan fingerprint density at radius 1 is 1.26 bits per heavy atom. The molecule has 4 aliphatic carbocycles. The van der Waals surface area contributed by atoms with E-state index >= 15 is 4.39 Å². The fourth-order valence-corrected chi connectivity index (χ4v) is 6.14. The quantitative estimate of drug-likeness (QED) is 0.231. The van der Waals surface area contributed by atoms with Crippen molar-refractivity contribution in [3.05, 3.63) is 39.9 Å². The number of Topliss-reactive ketones (excluding diaryl/α,β-unsaturated/α-hetero) is 1. The van der Waals surface area contributed by atoms with Crippen LogP contribution in [0.4, 0.5) is 10.1 Å². The monoisotopic (exact) mass is 543 g/mol. The number of ketones is 1. The van der Waals surface area contributed by atoms with Crippen molar-refractivity contribution in [1.82, 2.24) is 10.2 Å². The van der Waals surface area contributed by atoms with Gasteiger partial charge in [-0.2, -0.15) is 0 Å². The standard InChI is InChI=1S/C26H30FN5O7/c1-32(2)19-12-6-9-5-11-13(27)7-14(31-15(33)8-30-10-3-4-10)20(34)17(11)21(35)16(9)24(37)26(12,39)23(28)18(22(19)36)25(29)38/h7,9-10,12,19,28,30,34-36,39H,3-6,8H2,1-2H3,(H2,29,38)(H,31,33)/t9-,12-,19-,26+/m0/s1. The molecule has 13 heteroatoms. The number of nitrogens with one attached hydrogen (secondary N) is 3. The summed E-state index contributed by atoms with van der Waals surface area (Å²) in [6, 6.07) is 0.0927. The minimum absolute atomic E-state index is 0.0669. The van der Waals surface area contributed by atoms with Gasteiger partial charge in [-0.1, -0.05) is 0 Å². The summed E-state index contributed by atoms with van der Waals surface area (Å²) in [7, 11) is 3.10. The number of likely N-dealkylation sites (N-methyl/N-ethyl adjacent to an activating group) is 1. The van der Waals surface area contributed by atoms with E-state index in [9.17, 15) is 34.8 Å². The molecule has 0 radical (unpaired) electrons. The average Bonchev–Trinajstić information content (AvgIpc) is 3.67. The number of aliphatic hydroxyl groups excluding tert-OH is 2. The summed E-state index contributed by atoms with van der Waals surface area (Å²) in [5.74, 6) is -7.68. The van der Waals surface area contributed by atoms with Crippen LogP contribution in [0.15, 0.2) is 23.0 Å². The molecular formula is C26H30FN5O7. The van der Waals surface area contributed by atoms with Gasteiger partial charge >= 0.3 is 0 Å². The first-order valence-electron chi connectivity index (χ1n) is 12.6. The van der Waals surface area contributed by atoms with E-state index in [-0.39, 0.29) is 42.3 Å². The highest BCUT2D eigenvalue weighted by Gasteiger charge is 2.63. The van der Waals surface area contributed by atoms with Crippen LogP contribution in [0.1, 0.15) is 30.4 Å². The van der Waals surface area contributed by atoms with E-state index in [1.54, 1.807) is 14.1 Å². The van der Waals surface area contributed by atoms with Gasteiger partial charge < -0.3 is 42.2 Å². The number of anilines is 1. The molecule has 1 aromatic carbocycles. The Labute approximate surface area is 222 Å². The van der Waals surface area contributed by atoms with Gasteiger partial charge in [-0.05, 0) is 45.7 Å². The maximum atomic E-state index is 15.3. The molecular weight excluding hydrogens is 513 g/mol. The molecule has 208 valence electrons. The van der Waals surface area contributed by atoms with E-state index < -0.39 is 81.0 Å². The molecule has 5 rings (SSSR count). The zero-order valence-electron chi connectivity index (χ0n) is 21.3. The van der Waals surface area contributed by atoms with Gasteiger partial charge in [0.1, 0.15) is 22.9 Å². The number of aliphatic hydroxyl groups is 3. The third-order valence-electron chi connectivity index (χ3n) is 8.12. The van der Waals surface area contributed by atoms with Crippen LogP contribution in [0.3, 0.4) is 0 Å². The Hall–Kier alpha value is -3.81. The van der Waals surface area contributed by atoms with Gasteiger partial charge in [0.05, 0.1) is 29.5 Å². The number of hydrogen-bond donors (Lipinski definition) is 8. The number of carbonyl (C=O) groups is 3. The molecule has 0 heterocycles. The van der Waals surface area contributed by atoms with Gasteiger partial charge in [0, 0.05) is 29.2 Å². The molecule has 0 bridgehead atoms. The van der Waals surface area contributed by atoms with Crippen molar-refractivity contribution in [3.63, 3.8) is 0 Å². The smallest absolute Gasteiger partial charge is 0.254 e. The summed E-state index contributed by atoms with van der Waals surface area (Å²) in [4.78, 5) is 39.8. The van der Waals surface area contributed by atoms with E-state index in [1.807, 2.05) is 0 Å². The highest BCUT2D eigenvalue weighted by atomic mass is 19.1. The summed E-state index contributed by atoms with van der Waals surface area (Å²) in [6.45, 7) is -0.0669. The zero-order valence-corrected chi connectivity index (χ0v) is 21.3. The van der Waals surface area contributed by atoms with E-state index in [1.165, 1.54) is 4.90 Å². The van der Waals surface area contributed by atoms with Crippen LogP contribution in [0, 0.1) is 23.1 Å². The summed E-state index contributed by atoms with van der Waals surface area (Å²) < 4.78 is 15.3. The molecule has 2 amide bonds. The Morgan fingerprint density at radius 3 is 2.51 bits per heavy atom. The van der Waals surface area contributed by atoms with Crippen LogP contribution < -0.4 is 16.4 Å². The molecule has 12 nitrogen and oxygen atoms in total.